The van der Waals surface area contributed by atoms with Crippen LogP contribution in [0.1, 0.15) is 32.3 Å². The molecule has 0 aliphatic heterocycles. The Kier molecular flexibility index (Phi) is 7.34. The van der Waals surface area contributed by atoms with Gasteiger partial charge in [-0.3, -0.25) is 4.90 Å². The van der Waals surface area contributed by atoms with E-state index in [0.717, 1.165) is 31.1 Å². The topological polar surface area (TPSA) is 21.7 Å². The van der Waals surface area contributed by atoms with Crippen molar-refractivity contribution >= 4 is 0 Å². The maximum Gasteiger partial charge on any atom is 0.161 e. The van der Waals surface area contributed by atoms with E-state index in [0.29, 0.717) is 6.61 Å². The zero-order valence-corrected chi connectivity index (χ0v) is 12.7. The molecule has 0 heterocycles. The maximum absolute atomic E-state index is 5.87. The lowest BCUT2D eigenvalue weighted by Gasteiger charge is -2.21. The molecule has 0 saturated heterocycles. The second-order valence-electron chi connectivity index (χ2n) is 4.84. The number of hydrogen-bond acceptors (Lipinski definition) is 3. The number of nitrogens with zero attached hydrogens (tertiary/aromatic N) is 1. The number of methoxy groups -OCH3 is 1. The minimum atomic E-state index is 0.708. The van der Waals surface area contributed by atoms with Gasteiger partial charge in [0.05, 0.1) is 7.11 Å². The summed E-state index contributed by atoms with van der Waals surface area (Å²) in [6.07, 6.45) is 2.38. The van der Waals surface area contributed by atoms with Crippen LogP contribution < -0.4 is 9.47 Å². The first-order valence-electron chi connectivity index (χ1n) is 7.21. The van der Waals surface area contributed by atoms with E-state index in [4.69, 9.17) is 9.47 Å². The molecule has 0 fully saturated rings. The summed E-state index contributed by atoms with van der Waals surface area (Å²) in [5.74, 6) is 1.65. The molecule has 0 amide bonds. The molecule has 0 aliphatic rings. The van der Waals surface area contributed by atoms with Crippen LogP contribution in [0.25, 0.3) is 0 Å². The SMILES string of the molecule is CCCN(CCC)CCOc1cc(C)ccc1OC. The van der Waals surface area contributed by atoms with Gasteiger partial charge in [-0.05, 0) is 50.6 Å². The fourth-order valence-electron chi connectivity index (χ4n) is 2.15. The van der Waals surface area contributed by atoms with Crippen molar-refractivity contribution in [2.75, 3.05) is 33.4 Å². The second-order valence-corrected chi connectivity index (χ2v) is 4.84. The van der Waals surface area contributed by atoms with Crippen LogP contribution >= 0.6 is 0 Å². The van der Waals surface area contributed by atoms with Gasteiger partial charge in [0.15, 0.2) is 11.5 Å². The van der Waals surface area contributed by atoms with Crippen LogP contribution in [-0.4, -0.2) is 38.3 Å². The molecular formula is C16H27NO2. The Morgan fingerprint density at radius 2 is 1.68 bits per heavy atom. The fourth-order valence-corrected chi connectivity index (χ4v) is 2.15. The molecule has 0 unspecified atom stereocenters. The fraction of sp³-hybridized carbons (Fsp3) is 0.625. The van der Waals surface area contributed by atoms with Crippen LogP contribution in [0.5, 0.6) is 11.5 Å². The molecule has 0 spiro atoms. The molecule has 0 aliphatic carbocycles. The standard InChI is InChI=1S/C16H27NO2/c1-5-9-17(10-6-2)11-12-19-16-13-14(3)7-8-15(16)18-4/h7-8,13H,5-6,9-12H2,1-4H3. The molecule has 0 aromatic heterocycles. The highest BCUT2D eigenvalue weighted by atomic mass is 16.5. The highest BCUT2D eigenvalue weighted by molar-refractivity contribution is 5.42. The van der Waals surface area contributed by atoms with Crippen LogP contribution in [0, 0.1) is 6.92 Å². The van der Waals surface area contributed by atoms with Crippen molar-refractivity contribution in [2.45, 2.75) is 33.6 Å². The number of ether oxygens (including phenoxy) is 2. The molecule has 0 radical (unpaired) electrons. The number of rotatable bonds is 9. The molecule has 3 heteroatoms. The van der Waals surface area contributed by atoms with E-state index in [9.17, 15) is 0 Å². The summed E-state index contributed by atoms with van der Waals surface area (Å²) in [4.78, 5) is 2.45. The van der Waals surface area contributed by atoms with E-state index in [-0.39, 0.29) is 0 Å². The highest BCUT2D eigenvalue weighted by Crippen LogP contribution is 2.27. The summed E-state index contributed by atoms with van der Waals surface area (Å²) >= 11 is 0. The van der Waals surface area contributed by atoms with Gasteiger partial charge < -0.3 is 9.47 Å². The van der Waals surface area contributed by atoms with Gasteiger partial charge >= 0.3 is 0 Å². The summed E-state index contributed by atoms with van der Waals surface area (Å²) in [6, 6.07) is 6.02. The van der Waals surface area contributed by atoms with Gasteiger partial charge in [-0.15, -0.1) is 0 Å². The predicted molar refractivity (Wildman–Crippen MR) is 80.2 cm³/mol. The third-order valence-electron chi connectivity index (χ3n) is 3.06. The summed E-state index contributed by atoms with van der Waals surface area (Å²) in [5.41, 5.74) is 1.19. The van der Waals surface area contributed by atoms with E-state index in [2.05, 4.69) is 25.7 Å². The Morgan fingerprint density at radius 3 is 2.26 bits per heavy atom. The van der Waals surface area contributed by atoms with E-state index >= 15 is 0 Å². The maximum atomic E-state index is 5.87. The lowest BCUT2D eigenvalue weighted by atomic mass is 10.2. The highest BCUT2D eigenvalue weighted by Gasteiger charge is 2.06. The summed E-state index contributed by atoms with van der Waals surface area (Å²) in [6.45, 7) is 10.5. The van der Waals surface area contributed by atoms with Crippen LogP contribution in [0.3, 0.4) is 0 Å². The lowest BCUT2D eigenvalue weighted by Crippen LogP contribution is -2.30. The lowest BCUT2D eigenvalue weighted by molar-refractivity contribution is 0.204. The minimum absolute atomic E-state index is 0.708. The van der Waals surface area contributed by atoms with Gasteiger partial charge in [0.1, 0.15) is 6.61 Å². The molecule has 19 heavy (non-hydrogen) atoms. The molecule has 0 N–H and O–H groups in total. The van der Waals surface area contributed by atoms with E-state index in [1.807, 2.05) is 18.2 Å². The van der Waals surface area contributed by atoms with Crippen LogP contribution in [0.2, 0.25) is 0 Å². The molecule has 3 nitrogen and oxygen atoms in total. The van der Waals surface area contributed by atoms with E-state index in [1.165, 1.54) is 18.4 Å². The van der Waals surface area contributed by atoms with Gasteiger partial charge in [0, 0.05) is 6.54 Å². The second kappa shape index (κ2) is 8.81. The first kappa shape index (κ1) is 15.8. The Bertz CT molecular complexity index is 360. The summed E-state index contributed by atoms with van der Waals surface area (Å²) in [5, 5.41) is 0. The predicted octanol–water partition coefficient (Wildman–Crippen LogP) is 3.50. The van der Waals surface area contributed by atoms with Gasteiger partial charge in [0.25, 0.3) is 0 Å². The van der Waals surface area contributed by atoms with Crippen LogP contribution in [0.15, 0.2) is 18.2 Å². The van der Waals surface area contributed by atoms with Crippen LogP contribution in [-0.2, 0) is 0 Å². The smallest absolute Gasteiger partial charge is 0.161 e. The Morgan fingerprint density at radius 1 is 1.00 bits per heavy atom. The quantitative estimate of drug-likeness (QED) is 0.682. The average Bonchev–Trinajstić information content (AvgIpc) is 2.39. The zero-order chi connectivity index (χ0) is 14.1. The first-order chi connectivity index (χ1) is 9.21. The number of hydrogen-bond donors (Lipinski definition) is 0. The van der Waals surface area contributed by atoms with Crippen molar-refractivity contribution in [1.82, 2.24) is 4.90 Å². The largest absolute Gasteiger partial charge is 0.493 e. The zero-order valence-electron chi connectivity index (χ0n) is 12.7. The summed E-state index contributed by atoms with van der Waals surface area (Å²) in [7, 11) is 1.68. The van der Waals surface area contributed by atoms with Gasteiger partial charge in [-0.2, -0.15) is 0 Å². The Labute approximate surface area is 117 Å². The van der Waals surface area contributed by atoms with Crippen molar-refractivity contribution < 1.29 is 9.47 Å². The first-order valence-corrected chi connectivity index (χ1v) is 7.21. The van der Waals surface area contributed by atoms with Gasteiger partial charge in [-0.1, -0.05) is 19.9 Å². The third-order valence-corrected chi connectivity index (χ3v) is 3.06. The van der Waals surface area contributed by atoms with Crippen molar-refractivity contribution in [1.29, 1.82) is 0 Å². The Balaban J connectivity index is 2.49. The average molecular weight is 265 g/mol. The molecule has 0 atom stereocenters. The monoisotopic (exact) mass is 265 g/mol. The molecule has 1 aromatic rings. The number of benzene rings is 1. The summed E-state index contributed by atoms with van der Waals surface area (Å²) < 4.78 is 11.2. The molecule has 0 saturated carbocycles. The van der Waals surface area contributed by atoms with E-state index in [1.54, 1.807) is 7.11 Å². The molecule has 108 valence electrons. The Hall–Kier alpha value is -1.22. The van der Waals surface area contributed by atoms with E-state index < -0.39 is 0 Å². The third kappa shape index (κ3) is 5.52. The minimum Gasteiger partial charge on any atom is -0.493 e. The van der Waals surface area contributed by atoms with Crippen LogP contribution in [0.4, 0.5) is 0 Å². The normalized spacial score (nSPS) is 10.8. The molecule has 0 bridgehead atoms. The van der Waals surface area contributed by atoms with Crippen molar-refractivity contribution in [3.8, 4) is 11.5 Å². The van der Waals surface area contributed by atoms with Crippen molar-refractivity contribution in [2.24, 2.45) is 0 Å². The van der Waals surface area contributed by atoms with Gasteiger partial charge in [0.2, 0.25) is 0 Å². The number of aryl methyl sites for hydroxylation is 1. The molecule has 1 rings (SSSR count). The van der Waals surface area contributed by atoms with Crippen molar-refractivity contribution in [3.63, 3.8) is 0 Å². The molecule has 1 aromatic carbocycles. The molecular weight excluding hydrogens is 238 g/mol. The van der Waals surface area contributed by atoms with Gasteiger partial charge in [-0.25, -0.2) is 0 Å². The van der Waals surface area contributed by atoms with Crippen molar-refractivity contribution in [3.05, 3.63) is 23.8 Å².